The highest BCUT2D eigenvalue weighted by Crippen LogP contribution is 2.28. The molecule has 0 radical (unpaired) electrons. The van der Waals surface area contributed by atoms with Gasteiger partial charge in [-0.2, -0.15) is 0 Å². The fourth-order valence-electron chi connectivity index (χ4n) is 3.12. The van der Waals surface area contributed by atoms with Crippen LogP contribution < -0.4 is 4.90 Å². The SMILES string of the molecule is Cc1cncc(N2CC(C(=O)N3CCc4sccc4C3)C2)n1. The maximum Gasteiger partial charge on any atom is 0.229 e. The molecule has 2 aromatic heterocycles. The highest BCUT2D eigenvalue weighted by atomic mass is 32.1. The van der Waals surface area contributed by atoms with E-state index in [1.807, 2.05) is 11.8 Å². The van der Waals surface area contributed by atoms with Crippen molar-refractivity contribution in [1.29, 1.82) is 0 Å². The fraction of sp³-hybridized carbons (Fsp3) is 0.438. The number of aromatic nitrogens is 2. The average molecular weight is 314 g/mol. The van der Waals surface area contributed by atoms with Crippen molar-refractivity contribution in [2.75, 3.05) is 24.5 Å². The van der Waals surface area contributed by atoms with E-state index in [-0.39, 0.29) is 11.8 Å². The van der Waals surface area contributed by atoms with Crippen molar-refractivity contribution in [2.45, 2.75) is 19.9 Å². The summed E-state index contributed by atoms with van der Waals surface area (Å²) in [5, 5.41) is 2.13. The molecule has 6 heteroatoms. The number of nitrogens with zero attached hydrogens (tertiary/aromatic N) is 4. The zero-order valence-corrected chi connectivity index (χ0v) is 13.3. The maximum absolute atomic E-state index is 12.6. The summed E-state index contributed by atoms with van der Waals surface area (Å²) in [6, 6.07) is 2.15. The molecule has 5 nitrogen and oxygen atoms in total. The second kappa shape index (κ2) is 5.35. The number of thiophene rings is 1. The number of amides is 1. The smallest absolute Gasteiger partial charge is 0.229 e. The third-order valence-electron chi connectivity index (χ3n) is 4.42. The van der Waals surface area contributed by atoms with Crippen molar-refractivity contribution >= 4 is 23.1 Å². The molecule has 0 saturated carbocycles. The summed E-state index contributed by atoms with van der Waals surface area (Å²) in [6.07, 6.45) is 4.52. The minimum Gasteiger partial charge on any atom is -0.354 e. The molecule has 1 fully saturated rings. The lowest BCUT2D eigenvalue weighted by Crippen LogP contribution is -2.55. The summed E-state index contributed by atoms with van der Waals surface area (Å²) >= 11 is 1.80. The zero-order valence-electron chi connectivity index (χ0n) is 12.5. The summed E-state index contributed by atoms with van der Waals surface area (Å²) in [5.41, 5.74) is 2.23. The van der Waals surface area contributed by atoms with Gasteiger partial charge in [-0.25, -0.2) is 4.98 Å². The Labute approximate surface area is 133 Å². The molecule has 0 bridgehead atoms. The zero-order chi connectivity index (χ0) is 15.1. The van der Waals surface area contributed by atoms with Crippen LogP contribution in [0.15, 0.2) is 23.8 Å². The molecule has 4 heterocycles. The topological polar surface area (TPSA) is 49.3 Å². The Bertz CT molecular complexity index is 708. The Kier molecular flexibility index (Phi) is 3.33. The molecule has 0 unspecified atom stereocenters. The van der Waals surface area contributed by atoms with Crippen molar-refractivity contribution in [3.63, 3.8) is 0 Å². The summed E-state index contributed by atoms with van der Waals surface area (Å²) in [7, 11) is 0. The molecule has 0 N–H and O–H groups in total. The van der Waals surface area contributed by atoms with Gasteiger partial charge in [0.15, 0.2) is 0 Å². The van der Waals surface area contributed by atoms with Crippen molar-refractivity contribution in [2.24, 2.45) is 5.92 Å². The van der Waals surface area contributed by atoms with E-state index in [9.17, 15) is 4.79 Å². The Balaban J connectivity index is 1.38. The van der Waals surface area contributed by atoms with Crippen LogP contribution in [0.3, 0.4) is 0 Å². The van der Waals surface area contributed by atoms with Crippen LogP contribution in [0.1, 0.15) is 16.1 Å². The van der Waals surface area contributed by atoms with Gasteiger partial charge in [0.2, 0.25) is 5.91 Å². The predicted octanol–water partition coefficient (Wildman–Crippen LogP) is 1.87. The molecular formula is C16H18N4OS. The lowest BCUT2D eigenvalue weighted by molar-refractivity contribution is -0.137. The quantitative estimate of drug-likeness (QED) is 0.849. The van der Waals surface area contributed by atoms with E-state index < -0.39 is 0 Å². The van der Waals surface area contributed by atoms with Gasteiger partial charge in [0, 0.05) is 37.3 Å². The van der Waals surface area contributed by atoms with Gasteiger partial charge in [-0.05, 0) is 30.4 Å². The highest BCUT2D eigenvalue weighted by molar-refractivity contribution is 7.10. The van der Waals surface area contributed by atoms with Crippen LogP contribution in [0.4, 0.5) is 5.82 Å². The third-order valence-corrected chi connectivity index (χ3v) is 5.44. The number of hydrogen-bond donors (Lipinski definition) is 0. The van der Waals surface area contributed by atoms with Gasteiger partial charge < -0.3 is 9.80 Å². The minimum absolute atomic E-state index is 0.0995. The summed E-state index contributed by atoms with van der Waals surface area (Å²) in [5.74, 6) is 1.26. The molecule has 22 heavy (non-hydrogen) atoms. The van der Waals surface area contributed by atoms with E-state index in [1.165, 1.54) is 10.4 Å². The summed E-state index contributed by atoms with van der Waals surface area (Å²) in [6.45, 7) is 5.07. The van der Waals surface area contributed by atoms with Crippen LogP contribution in [0, 0.1) is 12.8 Å². The van der Waals surface area contributed by atoms with Crippen molar-refractivity contribution in [3.8, 4) is 0 Å². The van der Waals surface area contributed by atoms with E-state index in [1.54, 1.807) is 23.7 Å². The fourth-order valence-corrected chi connectivity index (χ4v) is 4.01. The van der Waals surface area contributed by atoms with Gasteiger partial charge in [0.1, 0.15) is 5.82 Å². The number of aryl methyl sites for hydroxylation is 1. The first-order valence-corrected chi connectivity index (χ1v) is 8.46. The van der Waals surface area contributed by atoms with Crippen molar-refractivity contribution in [3.05, 3.63) is 40.0 Å². The van der Waals surface area contributed by atoms with E-state index in [0.29, 0.717) is 0 Å². The molecule has 2 aromatic rings. The largest absolute Gasteiger partial charge is 0.354 e. The lowest BCUT2D eigenvalue weighted by atomic mass is 9.97. The molecule has 0 aliphatic carbocycles. The first-order chi connectivity index (χ1) is 10.7. The van der Waals surface area contributed by atoms with Gasteiger partial charge in [0.05, 0.1) is 17.8 Å². The standard InChI is InChI=1S/C16H18N4OS/c1-11-6-17-7-15(18-11)20-9-13(10-20)16(21)19-4-2-14-12(8-19)3-5-22-14/h3,5-7,13H,2,4,8-10H2,1H3. The molecule has 1 amide bonds. The molecule has 1 saturated heterocycles. The van der Waals surface area contributed by atoms with Crippen LogP contribution in [-0.2, 0) is 17.8 Å². The van der Waals surface area contributed by atoms with Crippen LogP contribution in [-0.4, -0.2) is 40.4 Å². The monoisotopic (exact) mass is 314 g/mol. The van der Waals surface area contributed by atoms with Crippen LogP contribution in [0.2, 0.25) is 0 Å². The predicted molar refractivity (Wildman–Crippen MR) is 85.9 cm³/mol. The molecule has 4 rings (SSSR count). The van der Waals surface area contributed by atoms with Gasteiger partial charge in [-0.1, -0.05) is 0 Å². The third kappa shape index (κ3) is 2.37. The van der Waals surface area contributed by atoms with Gasteiger partial charge >= 0.3 is 0 Å². The van der Waals surface area contributed by atoms with Crippen molar-refractivity contribution in [1.82, 2.24) is 14.9 Å². The number of fused-ring (bicyclic) bond motifs is 1. The molecule has 2 aliphatic rings. The molecule has 114 valence electrons. The van der Waals surface area contributed by atoms with Crippen molar-refractivity contribution < 1.29 is 4.79 Å². The van der Waals surface area contributed by atoms with E-state index in [2.05, 4.69) is 26.3 Å². The number of rotatable bonds is 2. The minimum atomic E-state index is 0.0995. The first kappa shape index (κ1) is 13.7. The number of hydrogen-bond acceptors (Lipinski definition) is 5. The Morgan fingerprint density at radius 1 is 1.36 bits per heavy atom. The second-order valence-corrected chi connectivity index (χ2v) is 7.00. The highest BCUT2D eigenvalue weighted by Gasteiger charge is 2.37. The molecule has 0 spiro atoms. The van der Waals surface area contributed by atoms with E-state index in [0.717, 1.165) is 44.1 Å². The van der Waals surface area contributed by atoms with Gasteiger partial charge in [0.25, 0.3) is 0 Å². The lowest BCUT2D eigenvalue weighted by Gasteiger charge is -2.41. The van der Waals surface area contributed by atoms with Crippen LogP contribution in [0.25, 0.3) is 0 Å². The molecular weight excluding hydrogens is 296 g/mol. The Hall–Kier alpha value is -1.95. The number of carbonyl (C=O) groups excluding carboxylic acids is 1. The van der Waals surface area contributed by atoms with E-state index in [4.69, 9.17) is 0 Å². The Morgan fingerprint density at radius 2 is 2.23 bits per heavy atom. The van der Waals surface area contributed by atoms with E-state index >= 15 is 0 Å². The van der Waals surface area contributed by atoms with Gasteiger partial charge in [-0.15, -0.1) is 11.3 Å². The summed E-state index contributed by atoms with van der Waals surface area (Å²) < 4.78 is 0. The Morgan fingerprint density at radius 3 is 3.05 bits per heavy atom. The first-order valence-electron chi connectivity index (χ1n) is 7.58. The number of anilines is 1. The average Bonchev–Trinajstić information content (AvgIpc) is 2.93. The number of carbonyl (C=O) groups is 1. The molecule has 0 aromatic carbocycles. The van der Waals surface area contributed by atoms with Gasteiger partial charge in [-0.3, -0.25) is 9.78 Å². The summed E-state index contributed by atoms with van der Waals surface area (Å²) in [4.78, 5) is 26.8. The molecule has 0 atom stereocenters. The maximum atomic E-state index is 12.6. The molecule has 2 aliphatic heterocycles. The second-order valence-electron chi connectivity index (χ2n) is 6.00. The normalized spacial score (nSPS) is 18.0. The van der Waals surface area contributed by atoms with Crippen LogP contribution >= 0.6 is 11.3 Å². The van der Waals surface area contributed by atoms with Crippen LogP contribution in [0.5, 0.6) is 0 Å².